The van der Waals surface area contributed by atoms with Gasteiger partial charge < -0.3 is 24.6 Å². The number of pyridine rings is 1. The van der Waals surface area contributed by atoms with Gasteiger partial charge in [-0.2, -0.15) is 0 Å². The second-order valence-corrected chi connectivity index (χ2v) is 7.73. The van der Waals surface area contributed by atoms with Crippen LogP contribution in [-0.2, 0) is 10.2 Å². The minimum absolute atomic E-state index is 0.100. The smallest absolute Gasteiger partial charge is 0.236 e. The molecule has 158 valence electrons. The van der Waals surface area contributed by atoms with E-state index in [1.54, 1.807) is 37.6 Å². The molecule has 2 aromatic carbocycles. The van der Waals surface area contributed by atoms with Gasteiger partial charge in [-0.25, -0.2) is 4.98 Å². The molecule has 7 heteroatoms. The number of carbonyl (C=O) groups excluding carboxylic acids is 1. The van der Waals surface area contributed by atoms with Crippen molar-refractivity contribution in [2.45, 2.75) is 24.4 Å². The van der Waals surface area contributed by atoms with E-state index in [1.807, 2.05) is 30.3 Å². The van der Waals surface area contributed by atoms with Gasteiger partial charge in [-0.05, 0) is 42.7 Å². The van der Waals surface area contributed by atoms with Crippen LogP contribution in [0, 0.1) is 0 Å². The van der Waals surface area contributed by atoms with Crippen molar-refractivity contribution < 1.29 is 24.1 Å². The molecule has 2 heterocycles. The lowest BCUT2D eigenvalue weighted by Gasteiger charge is -2.17. The number of benzene rings is 2. The monoisotopic (exact) mass is 418 g/mol. The first-order valence-corrected chi connectivity index (χ1v) is 10.1. The summed E-state index contributed by atoms with van der Waals surface area (Å²) in [5.41, 5.74) is 1.61. The van der Waals surface area contributed by atoms with E-state index in [4.69, 9.17) is 14.2 Å². The van der Waals surface area contributed by atoms with E-state index in [0.29, 0.717) is 34.2 Å². The Kier molecular flexibility index (Phi) is 4.75. The highest BCUT2D eigenvalue weighted by Gasteiger charge is 2.51. The lowest BCUT2D eigenvalue weighted by molar-refractivity contribution is -0.118. The van der Waals surface area contributed by atoms with Gasteiger partial charge in [-0.15, -0.1) is 0 Å². The van der Waals surface area contributed by atoms with Crippen LogP contribution in [0.15, 0.2) is 60.8 Å². The molecule has 2 N–H and O–H groups in total. The van der Waals surface area contributed by atoms with Gasteiger partial charge in [0.15, 0.2) is 11.5 Å². The highest BCUT2D eigenvalue weighted by atomic mass is 16.7. The van der Waals surface area contributed by atoms with Crippen LogP contribution in [0.5, 0.6) is 17.2 Å². The van der Waals surface area contributed by atoms with Gasteiger partial charge in [-0.3, -0.25) is 4.79 Å². The number of hydrogen-bond acceptors (Lipinski definition) is 6. The van der Waals surface area contributed by atoms with Crippen molar-refractivity contribution in [1.29, 1.82) is 0 Å². The Morgan fingerprint density at radius 2 is 1.94 bits per heavy atom. The fraction of sp³-hybridized carbons (Fsp3) is 0.250. The van der Waals surface area contributed by atoms with Gasteiger partial charge in [0, 0.05) is 17.3 Å². The second kappa shape index (κ2) is 7.59. The number of para-hydroxylation sites is 1. The first-order chi connectivity index (χ1) is 15.1. The zero-order chi connectivity index (χ0) is 21.4. The number of nitrogens with zero attached hydrogens (tertiary/aromatic N) is 1. The van der Waals surface area contributed by atoms with Crippen molar-refractivity contribution in [1.82, 2.24) is 4.98 Å². The van der Waals surface area contributed by atoms with E-state index in [2.05, 4.69) is 10.3 Å². The molecule has 1 aliphatic heterocycles. The number of fused-ring (bicyclic) bond motifs is 1. The summed E-state index contributed by atoms with van der Waals surface area (Å²) >= 11 is 0. The largest absolute Gasteiger partial charge is 0.496 e. The van der Waals surface area contributed by atoms with Crippen LogP contribution in [0.3, 0.4) is 0 Å². The molecule has 7 nitrogen and oxygen atoms in total. The van der Waals surface area contributed by atoms with Crippen molar-refractivity contribution in [2.24, 2.45) is 0 Å². The predicted molar refractivity (Wildman–Crippen MR) is 113 cm³/mol. The molecule has 1 saturated carbocycles. The maximum Gasteiger partial charge on any atom is 0.236 e. The Hall–Kier alpha value is -3.58. The Morgan fingerprint density at radius 3 is 2.68 bits per heavy atom. The Bertz CT molecular complexity index is 1130. The molecule has 0 spiro atoms. The van der Waals surface area contributed by atoms with Crippen molar-refractivity contribution >= 4 is 11.7 Å². The van der Waals surface area contributed by atoms with E-state index < -0.39 is 11.5 Å². The lowest BCUT2D eigenvalue weighted by Crippen LogP contribution is -2.28. The molecule has 1 fully saturated rings. The summed E-state index contributed by atoms with van der Waals surface area (Å²) in [5, 5.41) is 13.6. The number of aliphatic hydroxyl groups excluding tert-OH is 1. The first-order valence-electron chi connectivity index (χ1n) is 10.1. The summed E-state index contributed by atoms with van der Waals surface area (Å²) in [7, 11) is 1.57. The zero-order valence-electron chi connectivity index (χ0n) is 17.0. The number of ether oxygens (including phenoxy) is 3. The van der Waals surface area contributed by atoms with Gasteiger partial charge in [0.1, 0.15) is 17.7 Å². The second-order valence-electron chi connectivity index (χ2n) is 7.73. The summed E-state index contributed by atoms with van der Waals surface area (Å²) in [6, 6.07) is 16.4. The van der Waals surface area contributed by atoms with Gasteiger partial charge in [0.25, 0.3) is 0 Å². The molecule has 1 unspecified atom stereocenters. The van der Waals surface area contributed by atoms with Gasteiger partial charge in [0.05, 0.1) is 12.5 Å². The predicted octanol–water partition coefficient (Wildman–Crippen LogP) is 3.57. The Morgan fingerprint density at radius 1 is 1.13 bits per heavy atom. The number of nitrogens with one attached hydrogen (secondary N) is 1. The third-order valence-electron chi connectivity index (χ3n) is 5.89. The van der Waals surface area contributed by atoms with Crippen molar-refractivity contribution in [2.75, 3.05) is 19.2 Å². The SMILES string of the molecule is COc1ccccc1C(O)c1ccc(NC(=O)C2(c3ccc4c(c3)OCO4)CC2)nc1. The van der Waals surface area contributed by atoms with Gasteiger partial charge in [-0.1, -0.05) is 30.3 Å². The standard InChI is InChI=1S/C24H22N2O5/c1-29-18-5-3-2-4-17(18)22(27)15-6-9-21(25-13-15)26-23(28)24(10-11-24)16-7-8-19-20(12-16)31-14-30-19/h2-9,12-13,22,27H,10-11,14H2,1H3,(H,25,26,28). The molecule has 2 aliphatic rings. The zero-order valence-corrected chi connectivity index (χ0v) is 17.0. The fourth-order valence-corrected chi connectivity index (χ4v) is 3.91. The Labute approximate surface area is 179 Å². The number of rotatable bonds is 6. The maximum atomic E-state index is 13.0. The number of anilines is 1. The molecule has 1 aromatic heterocycles. The number of methoxy groups -OCH3 is 1. The van der Waals surface area contributed by atoms with Crippen LogP contribution >= 0.6 is 0 Å². The minimum atomic E-state index is -0.878. The highest BCUT2D eigenvalue weighted by molar-refractivity contribution is 6.01. The maximum absolute atomic E-state index is 13.0. The first kappa shape index (κ1) is 19.4. The minimum Gasteiger partial charge on any atom is -0.496 e. The highest BCUT2D eigenvalue weighted by Crippen LogP contribution is 2.51. The van der Waals surface area contributed by atoms with E-state index in [0.717, 1.165) is 18.4 Å². The molecular formula is C24H22N2O5. The molecular weight excluding hydrogens is 396 g/mol. The number of amides is 1. The molecule has 0 bridgehead atoms. The van der Waals surface area contributed by atoms with Gasteiger partial charge in [0.2, 0.25) is 12.7 Å². The van der Waals surface area contributed by atoms with Gasteiger partial charge >= 0.3 is 0 Å². The van der Waals surface area contributed by atoms with Crippen LogP contribution in [-0.4, -0.2) is 29.9 Å². The normalized spacial score (nSPS) is 16.5. The molecule has 1 aliphatic carbocycles. The van der Waals surface area contributed by atoms with Crippen LogP contribution in [0.1, 0.15) is 35.6 Å². The van der Waals surface area contributed by atoms with E-state index in [1.165, 1.54) is 0 Å². The molecule has 3 aromatic rings. The summed E-state index contributed by atoms with van der Waals surface area (Å²) < 4.78 is 16.1. The molecule has 1 amide bonds. The fourth-order valence-electron chi connectivity index (χ4n) is 3.91. The summed E-state index contributed by atoms with van der Waals surface area (Å²) in [4.78, 5) is 17.4. The van der Waals surface area contributed by atoms with Crippen molar-refractivity contribution in [3.63, 3.8) is 0 Å². The van der Waals surface area contributed by atoms with Crippen LogP contribution < -0.4 is 19.5 Å². The van der Waals surface area contributed by atoms with E-state index in [-0.39, 0.29) is 12.7 Å². The lowest BCUT2D eigenvalue weighted by atomic mass is 9.94. The van der Waals surface area contributed by atoms with E-state index in [9.17, 15) is 9.90 Å². The summed E-state index contributed by atoms with van der Waals surface area (Å²) in [5.74, 6) is 2.31. The number of aliphatic hydroxyl groups is 1. The number of hydrogen-bond donors (Lipinski definition) is 2. The van der Waals surface area contributed by atoms with E-state index >= 15 is 0 Å². The number of aromatic nitrogens is 1. The average molecular weight is 418 g/mol. The molecule has 5 rings (SSSR count). The van der Waals surface area contributed by atoms with Crippen molar-refractivity contribution in [3.8, 4) is 17.2 Å². The average Bonchev–Trinajstić information content (AvgIpc) is 3.50. The quantitative estimate of drug-likeness (QED) is 0.636. The molecule has 0 radical (unpaired) electrons. The molecule has 0 saturated heterocycles. The van der Waals surface area contributed by atoms with Crippen molar-refractivity contribution in [3.05, 3.63) is 77.5 Å². The van der Waals surface area contributed by atoms with Crippen LogP contribution in [0.25, 0.3) is 0 Å². The van der Waals surface area contributed by atoms with Crippen LogP contribution in [0.2, 0.25) is 0 Å². The molecule has 31 heavy (non-hydrogen) atoms. The topological polar surface area (TPSA) is 89.9 Å². The summed E-state index contributed by atoms with van der Waals surface area (Å²) in [6.45, 7) is 0.203. The summed E-state index contributed by atoms with van der Waals surface area (Å²) in [6.07, 6.45) is 2.22. The third-order valence-corrected chi connectivity index (χ3v) is 5.89. The Balaban J connectivity index is 1.31. The molecule has 1 atom stereocenters. The van der Waals surface area contributed by atoms with Crippen LogP contribution in [0.4, 0.5) is 5.82 Å². The third kappa shape index (κ3) is 3.47. The number of carbonyl (C=O) groups is 1.